The molecule has 5 rings (SSSR count). The van der Waals surface area contributed by atoms with Crippen LogP contribution in [0.5, 0.6) is 0 Å². The van der Waals surface area contributed by atoms with E-state index >= 15 is 0 Å². The van der Waals surface area contributed by atoms with E-state index in [2.05, 4.69) is 26.3 Å². The van der Waals surface area contributed by atoms with Crippen LogP contribution in [0.15, 0.2) is 54.6 Å². The van der Waals surface area contributed by atoms with E-state index in [4.69, 9.17) is 4.98 Å². The van der Waals surface area contributed by atoms with Gasteiger partial charge in [-0.2, -0.15) is 5.26 Å². The summed E-state index contributed by atoms with van der Waals surface area (Å²) in [5.41, 5.74) is 4.74. The highest BCUT2D eigenvalue weighted by atomic mass is 19.1. The van der Waals surface area contributed by atoms with Crippen molar-refractivity contribution in [2.75, 3.05) is 36.0 Å². The monoisotopic (exact) mass is 385 g/mol. The first kappa shape index (κ1) is 17.5. The third kappa shape index (κ3) is 2.78. The summed E-state index contributed by atoms with van der Waals surface area (Å²) in [5, 5.41) is 9.67. The molecule has 5 nitrogen and oxygen atoms in total. The molecule has 2 aromatic heterocycles. The number of fused-ring (bicyclic) bond motifs is 3. The van der Waals surface area contributed by atoms with Crippen LogP contribution in [0.3, 0.4) is 0 Å². The normalized spacial score (nSPS) is 14.5. The predicted octanol–water partition coefficient (Wildman–Crippen LogP) is 4.13. The van der Waals surface area contributed by atoms with Gasteiger partial charge in [0.25, 0.3) is 0 Å². The van der Waals surface area contributed by atoms with Crippen molar-refractivity contribution in [2.24, 2.45) is 0 Å². The van der Waals surface area contributed by atoms with Gasteiger partial charge in [0.05, 0.1) is 22.3 Å². The fourth-order valence-corrected chi connectivity index (χ4v) is 4.19. The third-order valence-electron chi connectivity index (χ3n) is 5.66. The van der Waals surface area contributed by atoms with Gasteiger partial charge in [-0.15, -0.1) is 0 Å². The minimum atomic E-state index is -0.182. The van der Waals surface area contributed by atoms with Crippen LogP contribution < -0.4 is 9.80 Å². The number of benzene rings is 2. The van der Waals surface area contributed by atoms with Gasteiger partial charge in [0, 0.05) is 26.2 Å². The van der Waals surface area contributed by atoms with Crippen molar-refractivity contribution in [3.8, 4) is 6.07 Å². The minimum absolute atomic E-state index is 0.182. The molecule has 4 aromatic rings. The molecule has 6 heteroatoms. The van der Waals surface area contributed by atoms with Crippen molar-refractivity contribution in [1.82, 2.24) is 9.38 Å². The van der Waals surface area contributed by atoms with Gasteiger partial charge >= 0.3 is 0 Å². The molecule has 0 amide bonds. The van der Waals surface area contributed by atoms with Crippen LogP contribution >= 0.6 is 0 Å². The van der Waals surface area contributed by atoms with Gasteiger partial charge in [-0.25, -0.2) is 9.37 Å². The first-order chi connectivity index (χ1) is 14.2. The van der Waals surface area contributed by atoms with Crippen LogP contribution in [0.2, 0.25) is 0 Å². The van der Waals surface area contributed by atoms with E-state index in [0.717, 1.165) is 48.6 Å². The van der Waals surface area contributed by atoms with Crippen molar-refractivity contribution < 1.29 is 4.39 Å². The molecule has 0 saturated carbocycles. The smallest absolute Gasteiger partial charge is 0.157 e. The zero-order chi connectivity index (χ0) is 20.0. The number of imidazole rings is 1. The predicted molar refractivity (Wildman–Crippen MR) is 113 cm³/mol. The van der Waals surface area contributed by atoms with E-state index in [1.54, 1.807) is 6.07 Å². The number of aromatic nitrogens is 2. The number of nitrogens with zero attached hydrogens (tertiary/aromatic N) is 5. The molecule has 29 heavy (non-hydrogen) atoms. The van der Waals surface area contributed by atoms with Crippen LogP contribution in [-0.2, 0) is 0 Å². The summed E-state index contributed by atoms with van der Waals surface area (Å²) in [6.45, 7) is 4.95. The van der Waals surface area contributed by atoms with Gasteiger partial charge in [-0.05, 0) is 42.8 Å². The Kier molecular flexibility index (Phi) is 4.09. The molecule has 0 atom stereocenters. The summed E-state index contributed by atoms with van der Waals surface area (Å²) < 4.78 is 16.3. The fourth-order valence-electron chi connectivity index (χ4n) is 4.19. The van der Waals surface area contributed by atoms with Gasteiger partial charge in [0.15, 0.2) is 5.65 Å². The third-order valence-corrected chi connectivity index (χ3v) is 5.66. The first-order valence-electron chi connectivity index (χ1n) is 9.72. The van der Waals surface area contributed by atoms with E-state index < -0.39 is 0 Å². The molecule has 1 saturated heterocycles. The molecule has 0 bridgehead atoms. The van der Waals surface area contributed by atoms with Crippen LogP contribution in [0.4, 0.5) is 15.9 Å². The summed E-state index contributed by atoms with van der Waals surface area (Å²) in [7, 11) is 0. The van der Waals surface area contributed by atoms with Gasteiger partial charge in [0.2, 0.25) is 0 Å². The van der Waals surface area contributed by atoms with Crippen molar-refractivity contribution >= 4 is 28.2 Å². The zero-order valence-corrected chi connectivity index (χ0v) is 16.1. The second kappa shape index (κ2) is 6.78. The number of rotatable bonds is 2. The maximum atomic E-state index is 14.2. The number of anilines is 2. The number of nitriles is 1. The quantitative estimate of drug-likeness (QED) is 0.520. The Morgan fingerprint density at radius 2 is 1.66 bits per heavy atom. The lowest BCUT2D eigenvalue weighted by Crippen LogP contribution is -2.47. The summed E-state index contributed by atoms with van der Waals surface area (Å²) >= 11 is 0. The zero-order valence-electron chi connectivity index (χ0n) is 16.1. The summed E-state index contributed by atoms with van der Waals surface area (Å²) in [6.07, 6.45) is 0. The Balaban J connectivity index is 1.56. The number of aryl methyl sites for hydroxylation is 1. The van der Waals surface area contributed by atoms with Crippen molar-refractivity contribution in [1.29, 1.82) is 5.26 Å². The molecule has 0 unspecified atom stereocenters. The Hall–Kier alpha value is -3.59. The number of halogens is 1. The highest BCUT2D eigenvalue weighted by Crippen LogP contribution is 2.30. The molecular weight excluding hydrogens is 365 g/mol. The number of hydrogen-bond acceptors (Lipinski definition) is 4. The Morgan fingerprint density at radius 3 is 2.41 bits per heavy atom. The average molecular weight is 385 g/mol. The van der Waals surface area contributed by atoms with E-state index in [9.17, 15) is 9.65 Å². The van der Waals surface area contributed by atoms with E-state index in [-0.39, 0.29) is 5.82 Å². The maximum absolute atomic E-state index is 14.2. The Bertz CT molecular complexity index is 1260. The standard InChI is InChI=1S/C23H20FN5/c1-16-14-22(28-12-10-27(11-13-28)20-8-4-2-6-18(20)24)29-21-9-5-3-7-19(21)26-23(29)17(16)15-25/h2-9,14H,10-13H2,1H3. The first-order valence-corrected chi connectivity index (χ1v) is 9.72. The number of pyridine rings is 1. The molecule has 1 fully saturated rings. The number of para-hydroxylation sites is 3. The van der Waals surface area contributed by atoms with E-state index in [1.165, 1.54) is 6.07 Å². The van der Waals surface area contributed by atoms with Crippen LogP contribution in [0, 0.1) is 24.1 Å². The minimum Gasteiger partial charge on any atom is -0.366 e. The highest BCUT2D eigenvalue weighted by molar-refractivity contribution is 5.85. The van der Waals surface area contributed by atoms with Crippen molar-refractivity contribution in [3.05, 3.63) is 71.5 Å². The summed E-state index contributed by atoms with van der Waals surface area (Å²) in [4.78, 5) is 9.12. The SMILES string of the molecule is Cc1cc(N2CCN(c3ccccc3F)CC2)n2c(nc3ccccc32)c1C#N. The molecule has 0 radical (unpaired) electrons. The van der Waals surface area contributed by atoms with Gasteiger partial charge in [-0.3, -0.25) is 4.40 Å². The van der Waals surface area contributed by atoms with E-state index in [0.29, 0.717) is 16.9 Å². The van der Waals surface area contributed by atoms with Crippen molar-refractivity contribution in [3.63, 3.8) is 0 Å². The van der Waals surface area contributed by atoms with Crippen LogP contribution in [0.1, 0.15) is 11.1 Å². The van der Waals surface area contributed by atoms with Gasteiger partial charge in [-0.1, -0.05) is 24.3 Å². The summed E-state index contributed by atoms with van der Waals surface area (Å²) in [5.74, 6) is 0.844. The molecule has 144 valence electrons. The molecule has 1 aliphatic heterocycles. The molecule has 0 aliphatic carbocycles. The molecular formula is C23H20FN5. The lowest BCUT2D eigenvalue weighted by atomic mass is 10.1. The molecule has 3 heterocycles. The molecule has 1 aliphatic rings. The second-order valence-corrected chi connectivity index (χ2v) is 7.36. The Morgan fingerprint density at radius 1 is 0.966 bits per heavy atom. The lowest BCUT2D eigenvalue weighted by molar-refractivity contribution is 0.595. The summed E-state index contributed by atoms with van der Waals surface area (Å²) in [6, 6.07) is 19.3. The maximum Gasteiger partial charge on any atom is 0.157 e. The Labute approximate surface area is 168 Å². The average Bonchev–Trinajstić information content (AvgIpc) is 3.13. The lowest BCUT2D eigenvalue weighted by Gasteiger charge is -2.37. The molecule has 0 N–H and O–H groups in total. The highest BCUT2D eigenvalue weighted by Gasteiger charge is 2.23. The van der Waals surface area contributed by atoms with Crippen molar-refractivity contribution in [2.45, 2.75) is 6.92 Å². The molecule has 0 spiro atoms. The largest absolute Gasteiger partial charge is 0.366 e. The van der Waals surface area contributed by atoms with Gasteiger partial charge < -0.3 is 9.80 Å². The second-order valence-electron chi connectivity index (χ2n) is 7.36. The van der Waals surface area contributed by atoms with Gasteiger partial charge in [0.1, 0.15) is 17.7 Å². The molecule has 2 aromatic carbocycles. The van der Waals surface area contributed by atoms with Crippen LogP contribution in [-0.4, -0.2) is 35.6 Å². The number of hydrogen-bond donors (Lipinski definition) is 0. The number of piperazine rings is 1. The fraction of sp³-hybridized carbons (Fsp3) is 0.217. The van der Waals surface area contributed by atoms with Crippen LogP contribution in [0.25, 0.3) is 16.7 Å². The van der Waals surface area contributed by atoms with E-state index in [1.807, 2.05) is 43.3 Å². The topological polar surface area (TPSA) is 47.6 Å².